The number of hydrogen-bond donors (Lipinski definition) is 6. The van der Waals surface area contributed by atoms with Crippen LogP contribution in [0, 0.1) is 23.6 Å². The molecule has 0 spiro atoms. The van der Waals surface area contributed by atoms with Gasteiger partial charge in [-0.15, -0.1) is 0 Å². The monoisotopic (exact) mass is 978 g/mol. The summed E-state index contributed by atoms with van der Waals surface area (Å²) in [7, 11) is 9.78. The third kappa shape index (κ3) is 12.7. The van der Waals surface area contributed by atoms with E-state index in [2.05, 4.69) is 47.2 Å². The second kappa shape index (κ2) is 22.3. The molecule has 0 aliphatic carbocycles. The van der Waals surface area contributed by atoms with Crippen molar-refractivity contribution in [2.24, 2.45) is 0 Å². The van der Waals surface area contributed by atoms with Crippen molar-refractivity contribution < 1.29 is 33.0 Å². The number of amidine groups is 2. The van der Waals surface area contributed by atoms with Crippen LogP contribution < -0.4 is 30.7 Å². The number of carbonyl (C=O) groups excluding carboxylic acids is 4. The van der Waals surface area contributed by atoms with Crippen molar-refractivity contribution in [3.05, 3.63) is 164 Å². The summed E-state index contributed by atoms with van der Waals surface area (Å²) in [5.74, 6) is -1.18. The second-order valence-electron chi connectivity index (χ2n) is 14.6. The molecule has 340 valence electrons. The summed E-state index contributed by atoms with van der Waals surface area (Å²) < 4.78 is 26.1. The smallest absolute Gasteiger partial charge is 0.259 e. The molecule has 6 aromatic rings. The van der Waals surface area contributed by atoms with Crippen LogP contribution in [0.5, 0.6) is 11.5 Å². The summed E-state index contributed by atoms with van der Waals surface area (Å²) in [5, 5.41) is 27.1. The van der Waals surface area contributed by atoms with Gasteiger partial charge in [-0.2, -0.15) is 0 Å². The van der Waals surface area contributed by atoms with Gasteiger partial charge >= 0.3 is 0 Å². The van der Waals surface area contributed by atoms with Crippen molar-refractivity contribution in [3.63, 3.8) is 0 Å². The molecule has 0 saturated heterocycles. The van der Waals surface area contributed by atoms with Crippen molar-refractivity contribution in [1.29, 1.82) is 10.8 Å². The van der Waals surface area contributed by atoms with Gasteiger partial charge in [0.25, 0.3) is 23.6 Å². The van der Waals surface area contributed by atoms with Gasteiger partial charge < -0.3 is 40.5 Å². The third-order valence-corrected chi connectivity index (χ3v) is 10.1. The van der Waals surface area contributed by atoms with Crippen LogP contribution in [0.2, 0.25) is 5.02 Å². The summed E-state index contributed by atoms with van der Waals surface area (Å²) in [4.78, 5) is 63.0. The maximum Gasteiger partial charge on any atom is 0.259 e. The summed E-state index contributed by atoms with van der Waals surface area (Å²) in [6.07, 6.45) is 2.96. The number of ether oxygens (including phenoxy) is 2. The molecule has 2 heterocycles. The Kier molecular flexibility index (Phi) is 16.6. The summed E-state index contributed by atoms with van der Waals surface area (Å²) in [6, 6.07) is 25.1. The highest BCUT2D eigenvalue weighted by molar-refractivity contribution is 9.10. The molecule has 66 heavy (non-hydrogen) atoms. The number of rotatable bonds is 12. The number of anilines is 4. The van der Waals surface area contributed by atoms with E-state index in [0.29, 0.717) is 50.4 Å². The molecule has 0 fully saturated rings. The van der Waals surface area contributed by atoms with Crippen LogP contribution in [-0.4, -0.2) is 97.5 Å². The number of benzene rings is 4. The Morgan fingerprint density at radius 2 is 1.20 bits per heavy atom. The van der Waals surface area contributed by atoms with E-state index in [1.54, 1.807) is 119 Å². The molecule has 2 aromatic heterocycles. The first kappa shape index (κ1) is 49.3. The number of pyridine rings is 2. The zero-order valence-electron chi connectivity index (χ0n) is 36.8. The molecule has 0 saturated carbocycles. The fourth-order valence-electron chi connectivity index (χ4n) is 5.95. The molecule has 0 aliphatic rings. The molecule has 6 rings (SSSR count). The van der Waals surface area contributed by atoms with Crippen molar-refractivity contribution in [3.8, 4) is 11.5 Å². The summed E-state index contributed by atoms with van der Waals surface area (Å²) >= 11 is 9.14. The fraction of sp³-hybridized carbons (Fsp3) is 0.149. The van der Waals surface area contributed by atoms with E-state index in [4.69, 9.17) is 31.9 Å². The van der Waals surface area contributed by atoms with E-state index in [0.717, 1.165) is 10.5 Å². The molecule has 6 N–H and O–H groups in total. The normalized spacial score (nSPS) is 10.3. The molecule has 0 radical (unpaired) electrons. The molecule has 16 nitrogen and oxygen atoms in total. The Morgan fingerprint density at radius 1 is 0.621 bits per heavy atom. The number of halogens is 3. The fourth-order valence-corrected chi connectivity index (χ4v) is 6.30. The minimum absolute atomic E-state index is 0.0778. The van der Waals surface area contributed by atoms with Crippen LogP contribution in [0.3, 0.4) is 0 Å². The summed E-state index contributed by atoms with van der Waals surface area (Å²) in [6.45, 7) is 1.77. The number of aromatic nitrogens is 2. The molecular weight excluding hydrogens is 935 g/mol. The number of carbonyl (C=O) groups is 4. The van der Waals surface area contributed by atoms with E-state index in [1.807, 2.05) is 0 Å². The van der Waals surface area contributed by atoms with E-state index in [9.17, 15) is 23.6 Å². The lowest BCUT2D eigenvalue weighted by molar-refractivity contribution is 0.100. The number of hydrogen-bond acceptors (Lipinski definition) is 10. The maximum absolute atomic E-state index is 14.7. The van der Waals surface area contributed by atoms with Gasteiger partial charge in [0.2, 0.25) is 0 Å². The van der Waals surface area contributed by atoms with Crippen LogP contribution in [0.4, 0.5) is 27.4 Å². The van der Waals surface area contributed by atoms with Crippen LogP contribution in [0.1, 0.15) is 58.1 Å². The molecule has 0 unspecified atom stereocenters. The SMILES string of the molecule is COc1cc(C)cc(C(=O)Nc2ccc(Cl)cn2)c1NC(=O)c1ccc(C(=N)N(C)C)cc1F.COc1ccc(NC(=O)c2ccc(C(=N)N(C)C)cc2)c(C(=O)Nc2ccc(Br)cn2)c1. The van der Waals surface area contributed by atoms with Gasteiger partial charge in [-0.25, -0.2) is 14.4 Å². The van der Waals surface area contributed by atoms with Gasteiger partial charge in [0.1, 0.15) is 40.6 Å². The average molecular weight is 980 g/mol. The molecule has 4 amide bonds. The Morgan fingerprint density at radius 3 is 1.76 bits per heavy atom. The Hall–Kier alpha value is -7.70. The van der Waals surface area contributed by atoms with Gasteiger partial charge in [0.05, 0.1) is 47.3 Å². The first-order valence-corrected chi connectivity index (χ1v) is 20.8. The number of nitrogens with one attached hydrogen (secondary N) is 6. The number of amides is 4. The number of nitrogens with zero attached hydrogens (tertiary/aromatic N) is 4. The minimum Gasteiger partial charge on any atom is -0.497 e. The standard InChI is InChI=1S/C24H23ClFN5O3.C23H22BrN5O3/c1-13-9-17(24(33)29-20-8-6-15(25)12-28-20)21(19(10-13)34-4)30-23(32)16-7-5-14(11-18(16)26)22(27)31(2)3;1-29(2)21(25)14-4-6-15(7-5-14)22(30)27-19-10-9-17(32-3)12-18(19)23(31)28-20-11-8-16(24)13-26-20/h5-12,27H,1-4H3,(H,30,32)(H,28,29,33);4-13,25H,1-3H3,(H,27,30)(H,26,28,31). The van der Waals surface area contributed by atoms with Crippen LogP contribution >= 0.6 is 27.5 Å². The second-order valence-corrected chi connectivity index (χ2v) is 16.0. The molecule has 4 aromatic carbocycles. The number of methoxy groups -OCH3 is 2. The molecule has 0 aliphatic heterocycles. The quantitative estimate of drug-likeness (QED) is 0.0506. The van der Waals surface area contributed by atoms with E-state index in [1.165, 1.54) is 43.5 Å². The topological polar surface area (TPSA) is 215 Å². The van der Waals surface area contributed by atoms with Crippen LogP contribution in [-0.2, 0) is 0 Å². The highest BCUT2D eigenvalue weighted by Crippen LogP contribution is 2.32. The zero-order valence-corrected chi connectivity index (χ0v) is 39.1. The predicted molar refractivity (Wildman–Crippen MR) is 258 cm³/mol. The lowest BCUT2D eigenvalue weighted by Crippen LogP contribution is -2.23. The van der Waals surface area contributed by atoms with Crippen LogP contribution in [0.15, 0.2) is 114 Å². The predicted octanol–water partition coefficient (Wildman–Crippen LogP) is 8.83. The molecule has 0 bridgehead atoms. The van der Waals surface area contributed by atoms with Crippen molar-refractivity contribution in [2.45, 2.75) is 6.92 Å². The average Bonchev–Trinajstić information content (AvgIpc) is 3.30. The maximum atomic E-state index is 14.7. The highest BCUT2D eigenvalue weighted by atomic mass is 79.9. The highest BCUT2D eigenvalue weighted by Gasteiger charge is 2.23. The Bertz CT molecular complexity index is 2790. The van der Waals surface area contributed by atoms with E-state index in [-0.39, 0.29) is 45.7 Å². The summed E-state index contributed by atoms with van der Waals surface area (Å²) in [5.41, 5.74) is 2.62. The van der Waals surface area contributed by atoms with Crippen molar-refractivity contribution in [1.82, 2.24) is 19.8 Å². The van der Waals surface area contributed by atoms with Gasteiger partial charge in [-0.3, -0.25) is 30.0 Å². The first-order chi connectivity index (χ1) is 31.4. The lowest BCUT2D eigenvalue weighted by Gasteiger charge is -2.17. The van der Waals surface area contributed by atoms with Gasteiger partial charge in [0.15, 0.2) is 0 Å². The largest absolute Gasteiger partial charge is 0.497 e. The van der Waals surface area contributed by atoms with Crippen molar-refractivity contribution in [2.75, 3.05) is 63.7 Å². The van der Waals surface area contributed by atoms with E-state index >= 15 is 0 Å². The molecule has 0 atom stereocenters. The first-order valence-electron chi connectivity index (χ1n) is 19.7. The number of aryl methyl sites for hydroxylation is 1. The van der Waals surface area contributed by atoms with Crippen molar-refractivity contribution >= 4 is 85.8 Å². The van der Waals surface area contributed by atoms with Crippen LogP contribution in [0.25, 0.3) is 0 Å². The minimum atomic E-state index is -0.802. The van der Waals surface area contributed by atoms with E-state index < -0.39 is 23.5 Å². The molecule has 19 heteroatoms. The Balaban J connectivity index is 0.000000248. The lowest BCUT2D eigenvalue weighted by atomic mass is 10.1. The molecular formula is C47H45BrClFN10O6. The Labute approximate surface area is 393 Å². The third-order valence-electron chi connectivity index (χ3n) is 9.41. The van der Waals surface area contributed by atoms with Gasteiger partial charge in [-0.05, 0) is 107 Å². The van der Waals surface area contributed by atoms with Gasteiger partial charge in [0, 0.05) is 61.7 Å². The van der Waals surface area contributed by atoms with Gasteiger partial charge in [-0.1, -0.05) is 29.8 Å². The zero-order chi connectivity index (χ0) is 48.2.